The molecule has 0 radical (unpaired) electrons. The Bertz CT molecular complexity index is 3830. The third kappa shape index (κ3) is 5.96. The van der Waals surface area contributed by atoms with E-state index in [-0.39, 0.29) is 0 Å². The number of aryl methyl sites for hydroxylation is 2. The molecule has 9 aromatic carbocycles. The first-order chi connectivity index (χ1) is 32.9. The Labute approximate surface area is 390 Å². The van der Waals surface area contributed by atoms with Gasteiger partial charge in [-0.15, -0.1) is 10.2 Å². The Hall–Kier alpha value is -8.21. The number of furan rings is 1. The van der Waals surface area contributed by atoms with Gasteiger partial charge in [-0.25, -0.2) is 0 Å². The Balaban J connectivity index is 1.28. The molecule has 11 aromatic rings. The molecule has 2 aromatic heterocycles. The van der Waals surface area contributed by atoms with Crippen molar-refractivity contribution in [2.24, 2.45) is 0 Å². The first-order valence-electron chi connectivity index (χ1n) is 23.3. The number of hydrogen-bond donors (Lipinski definition) is 0. The summed E-state index contributed by atoms with van der Waals surface area (Å²) in [6.45, 7) is 9.23. The quantitative estimate of drug-likeness (QED) is 0.167. The minimum atomic E-state index is 0.751. The van der Waals surface area contributed by atoms with E-state index < -0.39 is 0 Å². The second kappa shape index (κ2) is 15.2. The number of hydrogen-bond acceptors (Lipinski definition) is 4. The number of para-hydroxylation sites is 1. The van der Waals surface area contributed by atoms with Crippen LogP contribution in [0.1, 0.15) is 44.5 Å². The van der Waals surface area contributed by atoms with Crippen LogP contribution in [0, 0.1) is 27.7 Å². The molecule has 4 nitrogen and oxygen atoms in total. The Kier molecular flexibility index (Phi) is 8.88. The van der Waals surface area contributed by atoms with Crippen molar-refractivity contribution in [1.82, 2.24) is 15.4 Å². The number of fused-ring (bicyclic) bond motifs is 9. The lowest BCUT2D eigenvalue weighted by Gasteiger charge is -2.27. The van der Waals surface area contributed by atoms with E-state index in [1.165, 1.54) is 89.0 Å². The average molecular weight is 860 g/mol. The van der Waals surface area contributed by atoms with E-state index in [0.29, 0.717) is 0 Å². The van der Waals surface area contributed by atoms with Crippen molar-refractivity contribution in [3.8, 4) is 89.1 Å². The monoisotopic (exact) mass is 859 g/mol. The molecule has 0 aliphatic heterocycles. The molecule has 318 valence electrons. The van der Waals surface area contributed by atoms with Crippen molar-refractivity contribution in [1.29, 1.82) is 0 Å². The predicted octanol–water partition coefficient (Wildman–Crippen LogP) is 16.1. The zero-order chi connectivity index (χ0) is 44.9. The van der Waals surface area contributed by atoms with Gasteiger partial charge in [-0.1, -0.05) is 152 Å². The van der Waals surface area contributed by atoms with Crippen LogP contribution in [0.15, 0.2) is 180 Å². The highest BCUT2D eigenvalue weighted by molar-refractivity contribution is 6.22. The summed E-state index contributed by atoms with van der Waals surface area (Å²) in [4.78, 5) is 0. The van der Waals surface area contributed by atoms with Gasteiger partial charge in [0, 0.05) is 21.9 Å². The van der Waals surface area contributed by atoms with Crippen molar-refractivity contribution in [2.75, 3.05) is 0 Å². The molecule has 0 spiro atoms. The predicted molar refractivity (Wildman–Crippen MR) is 275 cm³/mol. The summed E-state index contributed by atoms with van der Waals surface area (Å²) < 4.78 is 7.13. The molecule has 2 aliphatic rings. The van der Waals surface area contributed by atoms with Crippen LogP contribution in [0.4, 0.5) is 0 Å². The first-order valence-corrected chi connectivity index (χ1v) is 23.3. The molecule has 2 heterocycles. The zero-order valence-electron chi connectivity index (χ0n) is 37.9. The maximum atomic E-state index is 7.13. The normalized spacial score (nSPS) is 12.4. The van der Waals surface area contributed by atoms with E-state index in [1.54, 1.807) is 6.20 Å². The third-order valence-electron chi connectivity index (χ3n) is 14.8. The molecule has 0 saturated heterocycles. The largest absolute Gasteiger partial charge is 0.456 e. The lowest BCUT2D eigenvalue weighted by atomic mass is 9.75. The summed E-state index contributed by atoms with van der Waals surface area (Å²) in [5.41, 5.74) is 30.8. The van der Waals surface area contributed by atoms with Crippen LogP contribution in [-0.2, 0) is 12.8 Å². The molecule has 0 saturated carbocycles. The fourth-order valence-corrected chi connectivity index (χ4v) is 11.6. The maximum Gasteiger partial charge on any atom is 0.136 e. The second-order valence-electron chi connectivity index (χ2n) is 18.4. The van der Waals surface area contributed by atoms with E-state index in [4.69, 9.17) is 9.52 Å². The molecule has 4 heteroatoms. The van der Waals surface area contributed by atoms with Gasteiger partial charge in [0.05, 0.1) is 11.9 Å². The zero-order valence-corrected chi connectivity index (χ0v) is 37.9. The highest BCUT2D eigenvalue weighted by Gasteiger charge is 2.34. The summed E-state index contributed by atoms with van der Waals surface area (Å²) in [6, 6.07) is 61.9. The molecule has 2 aliphatic carbocycles. The topological polar surface area (TPSA) is 51.8 Å². The molecule has 0 fully saturated rings. The van der Waals surface area contributed by atoms with E-state index in [1.807, 2.05) is 6.07 Å². The first kappa shape index (κ1) is 39.2. The maximum absolute atomic E-state index is 7.13. The van der Waals surface area contributed by atoms with E-state index in [9.17, 15) is 0 Å². The van der Waals surface area contributed by atoms with Crippen molar-refractivity contribution < 1.29 is 4.42 Å². The van der Waals surface area contributed by atoms with Gasteiger partial charge in [0.2, 0.25) is 0 Å². The summed E-state index contributed by atoms with van der Waals surface area (Å²) in [7, 11) is 0. The van der Waals surface area contributed by atoms with Crippen LogP contribution < -0.4 is 0 Å². The third-order valence-corrected chi connectivity index (χ3v) is 14.8. The molecule has 0 bridgehead atoms. The van der Waals surface area contributed by atoms with Crippen LogP contribution in [0.2, 0.25) is 0 Å². The second-order valence-corrected chi connectivity index (χ2v) is 18.4. The molecule has 0 atom stereocenters. The molecular formula is C63H45N3O. The SMILES string of the molecule is Cc1cc2c(c(-c3cc4oc5ccccc5c4c(-c4ccc(-c5ccccc5)c(-c5ccccc5)c4-c4ccnnn4)c3-c3c(C)c(C)cc4c3Cc3ccccc3-4)c1C)Cc1ccccc1-2. The van der Waals surface area contributed by atoms with Crippen LogP contribution >= 0.6 is 0 Å². The van der Waals surface area contributed by atoms with Gasteiger partial charge in [0.15, 0.2) is 0 Å². The number of rotatable bonds is 6. The molecular weight excluding hydrogens is 815 g/mol. The minimum Gasteiger partial charge on any atom is -0.456 e. The average Bonchev–Trinajstić information content (AvgIpc) is 4.06. The molecule has 13 rings (SSSR count). The van der Waals surface area contributed by atoms with E-state index in [2.05, 4.69) is 202 Å². The van der Waals surface area contributed by atoms with Gasteiger partial charge in [0.25, 0.3) is 0 Å². The number of aromatic nitrogens is 3. The van der Waals surface area contributed by atoms with Crippen molar-refractivity contribution in [2.45, 2.75) is 40.5 Å². The van der Waals surface area contributed by atoms with Crippen molar-refractivity contribution in [3.63, 3.8) is 0 Å². The molecule has 0 amide bonds. The van der Waals surface area contributed by atoms with Crippen LogP contribution in [0.25, 0.3) is 111 Å². The van der Waals surface area contributed by atoms with Gasteiger partial charge in [-0.05, 0) is 181 Å². The highest BCUT2D eigenvalue weighted by Crippen LogP contribution is 2.57. The highest BCUT2D eigenvalue weighted by atomic mass is 16.3. The van der Waals surface area contributed by atoms with E-state index >= 15 is 0 Å². The van der Waals surface area contributed by atoms with E-state index in [0.717, 1.165) is 79.4 Å². The summed E-state index contributed by atoms with van der Waals surface area (Å²) in [5.74, 6) is 0. The molecule has 67 heavy (non-hydrogen) atoms. The minimum absolute atomic E-state index is 0.751. The summed E-state index contributed by atoms with van der Waals surface area (Å²) >= 11 is 0. The number of nitrogens with zero attached hydrogens (tertiary/aromatic N) is 3. The van der Waals surface area contributed by atoms with Crippen LogP contribution in [0.5, 0.6) is 0 Å². The fraction of sp³-hybridized carbons (Fsp3) is 0.0952. The van der Waals surface area contributed by atoms with Crippen LogP contribution in [0.3, 0.4) is 0 Å². The lowest BCUT2D eigenvalue weighted by Crippen LogP contribution is -2.04. The van der Waals surface area contributed by atoms with Crippen molar-refractivity contribution in [3.05, 3.63) is 221 Å². The molecule has 0 unspecified atom stereocenters. The smallest absolute Gasteiger partial charge is 0.136 e. The number of benzene rings is 9. The summed E-state index contributed by atoms with van der Waals surface area (Å²) in [6.07, 6.45) is 3.46. The Morgan fingerprint density at radius 3 is 1.66 bits per heavy atom. The lowest BCUT2D eigenvalue weighted by molar-refractivity contribution is 0.669. The van der Waals surface area contributed by atoms with Gasteiger partial charge < -0.3 is 4.42 Å². The standard InChI is InChI=1S/C63H45N3O/c1-36-31-49-44-23-13-11-21-42(44)33-51(49)57(38(36)3)53-35-56-61(47-25-15-16-26-55(47)67-56)62(63(53)58-39(4)37(2)32-50-45-24-14-12-22-43(45)34-52(50)58)48-28-27-46(40-17-7-5-8-18-40)59(41-19-9-6-10-20-41)60(48)54-29-30-64-66-65-54/h5-32,35H,33-34H2,1-4H3. The fourth-order valence-electron chi connectivity index (χ4n) is 11.6. The van der Waals surface area contributed by atoms with Gasteiger partial charge in [0.1, 0.15) is 11.2 Å². The molecule has 0 N–H and O–H groups in total. The van der Waals surface area contributed by atoms with Crippen LogP contribution in [-0.4, -0.2) is 15.4 Å². The Morgan fingerprint density at radius 1 is 0.403 bits per heavy atom. The van der Waals surface area contributed by atoms with Gasteiger partial charge >= 0.3 is 0 Å². The van der Waals surface area contributed by atoms with Gasteiger partial charge in [-0.2, -0.15) is 0 Å². The Morgan fingerprint density at radius 2 is 0.985 bits per heavy atom. The van der Waals surface area contributed by atoms with Gasteiger partial charge in [-0.3, -0.25) is 0 Å². The van der Waals surface area contributed by atoms with Crippen molar-refractivity contribution >= 4 is 21.9 Å². The summed E-state index contributed by atoms with van der Waals surface area (Å²) in [5, 5.41) is 15.6.